The van der Waals surface area contributed by atoms with Crippen LogP contribution in [0.3, 0.4) is 0 Å². The van der Waals surface area contributed by atoms with E-state index in [0.29, 0.717) is 0 Å². The maximum absolute atomic E-state index is 6.36. The molecule has 0 N–H and O–H groups in total. The molecule has 3 rings (SSSR count). The molecular weight excluding hydrogens is 330 g/mol. The van der Waals surface area contributed by atoms with Gasteiger partial charge in [0.05, 0.1) is 11.6 Å². The summed E-state index contributed by atoms with van der Waals surface area (Å²) in [4.78, 5) is 2.40. The van der Waals surface area contributed by atoms with Gasteiger partial charge in [-0.25, -0.2) is 0 Å². The lowest BCUT2D eigenvalue weighted by atomic mass is 9.85. The third kappa shape index (κ3) is 3.11. The minimum Gasteiger partial charge on any atom is -0.493 e. The second kappa shape index (κ2) is 6.41. The Kier molecular flexibility index (Phi) is 4.55. The standard InChI is InChI=1S/C17H22BrNO2/c1-19-10-9-13-12(11-19)5-3-7-15(13)21-17-14(18)6-4-8-16(17)20-2/h4,6,8,15H,3,5,7,9-11H2,1-2H3/t15-/m1/s1. The summed E-state index contributed by atoms with van der Waals surface area (Å²) in [6.07, 6.45) is 4.88. The molecule has 0 aromatic heterocycles. The normalized spacial score (nSPS) is 22.9. The molecule has 1 aromatic carbocycles. The first-order valence-corrected chi connectivity index (χ1v) is 8.37. The predicted octanol–water partition coefficient (Wildman–Crippen LogP) is 4.02. The average molecular weight is 352 g/mol. The molecule has 0 saturated carbocycles. The van der Waals surface area contributed by atoms with Gasteiger partial charge in [0.2, 0.25) is 0 Å². The molecule has 0 fully saturated rings. The molecule has 0 unspecified atom stereocenters. The summed E-state index contributed by atoms with van der Waals surface area (Å²) in [5.74, 6) is 1.63. The van der Waals surface area contributed by atoms with Crippen molar-refractivity contribution in [1.82, 2.24) is 4.90 Å². The molecule has 0 saturated heterocycles. The van der Waals surface area contributed by atoms with E-state index in [1.807, 2.05) is 18.2 Å². The molecule has 2 aliphatic rings. The van der Waals surface area contributed by atoms with Gasteiger partial charge in [0.1, 0.15) is 6.10 Å². The lowest BCUT2D eigenvalue weighted by Crippen LogP contribution is -2.35. The van der Waals surface area contributed by atoms with E-state index in [4.69, 9.17) is 9.47 Å². The van der Waals surface area contributed by atoms with Crippen LogP contribution in [0.25, 0.3) is 0 Å². The minimum atomic E-state index is 0.204. The Hall–Kier alpha value is -1.00. The fourth-order valence-corrected chi connectivity index (χ4v) is 3.78. The lowest BCUT2D eigenvalue weighted by molar-refractivity contribution is 0.185. The molecule has 4 heteroatoms. The van der Waals surface area contributed by atoms with Crippen LogP contribution in [0, 0.1) is 0 Å². The number of para-hydroxylation sites is 1. The van der Waals surface area contributed by atoms with Crippen molar-refractivity contribution in [3.05, 3.63) is 33.8 Å². The van der Waals surface area contributed by atoms with Crippen LogP contribution in [0.15, 0.2) is 33.8 Å². The van der Waals surface area contributed by atoms with Gasteiger partial charge in [0.25, 0.3) is 0 Å². The van der Waals surface area contributed by atoms with Crippen LogP contribution < -0.4 is 9.47 Å². The number of nitrogens with zero attached hydrogens (tertiary/aromatic N) is 1. The van der Waals surface area contributed by atoms with Crippen molar-refractivity contribution in [3.8, 4) is 11.5 Å². The fraction of sp³-hybridized carbons (Fsp3) is 0.529. The van der Waals surface area contributed by atoms with Crippen LogP contribution in [0.5, 0.6) is 11.5 Å². The second-order valence-corrected chi connectivity index (χ2v) is 6.74. The van der Waals surface area contributed by atoms with Crippen LogP contribution in [0.1, 0.15) is 25.7 Å². The molecule has 0 amide bonds. The van der Waals surface area contributed by atoms with Gasteiger partial charge < -0.3 is 14.4 Å². The van der Waals surface area contributed by atoms with Crippen LogP contribution in [0.4, 0.5) is 0 Å². The maximum atomic E-state index is 6.36. The molecular formula is C17H22BrNO2. The number of rotatable bonds is 3. The van der Waals surface area contributed by atoms with Gasteiger partial charge in [-0.1, -0.05) is 11.6 Å². The molecule has 21 heavy (non-hydrogen) atoms. The smallest absolute Gasteiger partial charge is 0.176 e. The molecule has 3 nitrogen and oxygen atoms in total. The predicted molar refractivity (Wildman–Crippen MR) is 88.1 cm³/mol. The summed E-state index contributed by atoms with van der Waals surface area (Å²) >= 11 is 3.58. The van der Waals surface area contributed by atoms with Crippen molar-refractivity contribution in [2.45, 2.75) is 31.8 Å². The molecule has 0 radical (unpaired) electrons. The zero-order valence-corrected chi connectivity index (χ0v) is 14.3. The number of benzene rings is 1. The number of ether oxygens (including phenoxy) is 2. The number of hydrogen-bond acceptors (Lipinski definition) is 3. The number of halogens is 1. The van der Waals surface area contributed by atoms with Crippen LogP contribution in [-0.4, -0.2) is 38.3 Å². The molecule has 1 aliphatic carbocycles. The Bertz CT molecular complexity index is 556. The van der Waals surface area contributed by atoms with E-state index >= 15 is 0 Å². The third-order valence-electron chi connectivity index (χ3n) is 4.42. The van der Waals surface area contributed by atoms with Gasteiger partial charge in [0, 0.05) is 13.1 Å². The highest BCUT2D eigenvalue weighted by Crippen LogP contribution is 2.39. The molecule has 1 aromatic rings. The highest BCUT2D eigenvalue weighted by atomic mass is 79.9. The third-order valence-corrected chi connectivity index (χ3v) is 5.05. The summed E-state index contributed by atoms with van der Waals surface area (Å²) in [5, 5.41) is 0. The maximum Gasteiger partial charge on any atom is 0.176 e. The Morgan fingerprint density at radius 3 is 2.95 bits per heavy atom. The van der Waals surface area contributed by atoms with E-state index in [-0.39, 0.29) is 6.10 Å². The quantitative estimate of drug-likeness (QED) is 0.767. The Morgan fingerprint density at radius 1 is 1.29 bits per heavy atom. The van der Waals surface area contributed by atoms with Crippen molar-refractivity contribution in [2.75, 3.05) is 27.2 Å². The molecule has 1 heterocycles. The monoisotopic (exact) mass is 351 g/mol. The first-order chi connectivity index (χ1) is 10.2. The minimum absolute atomic E-state index is 0.204. The summed E-state index contributed by atoms with van der Waals surface area (Å²) in [6, 6.07) is 5.92. The van der Waals surface area contributed by atoms with Crippen LogP contribution in [-0.2, 0) is 0 Å². The zero-order chi connectivity index (χ0) is 14.8. The van der Waals surface area contributed by atoms with Crippen molar-refractivity contribution < 1.29 is 9.47 Å². The van der Waals surface area contributed by atoms with Gasteiger partial charge in [-0.05, 0) is 66.4 Å². The summed E-state index contributed by atoms with van der Waals surface area (Å²) in [7, 11) is 3.89. The van der Waals surface area contributed by atoms with Gasteiger partial charge >= 0.3 is 0 Å². The molecule has 0 bridgehead atoms. The van der Waals surface area contributed by atoms with Gasteiger partial charge in [-0.3, -0.25) is 0 Å². The number of likely N-dealkylation sites (N-methyl/N-ethyl adjacent to an activating group) is 1. The van der Waals surface area contributed by atoms with E-state index in [9.17, 15) is 0 Å². The molecule has 0 spiro atoms. The van der Waals surface area contributed by atoms with Gasteiger partial charge in [0.15, 0.2) is 11.5 Å². The summed E-state index contributed by atoms with van der Waals surface area (Å²) in [5.41, 5.74) is 3.11. The van der Waals surface area contributed by atoms with E-state index in [0.717, 1.165) is 41.9 Å². The topological polar surface area (TPSA) is 21.7 Å². The van der Waals surface area contributed by atoms with Gasteiger partial charge in [-0.15, -0.1) is 0 Å². The summed E-state index contributed by atoms with van der Waals surface area (Å²) < 4.78 is 12.8. The molecule has 1 aliphatic heterocycles. The largest absolute Gasteiger partial charge is 0.493 e. The first-order valence-electron chi connectivity index (χ1n) is 7.57. The highest BCUT2D eigenvalue weighted by molar-refractivity contribution is 9.10. The Morgan fingerprint density at radius 2 is 2.14 bits per heavy atom. The Balaban J connectivity index is 1.86. The van der Waals surface area contributed by atoms with Crippen molar-refractivity contribution in [1.29, 1.82) is 0 Å². The molecule has 1 atom stereocenters. The van der Waals surface area contributed by atoms with Crippen molar-refractivity contribution in [3.63, 3.8) is 0 Å². The van der Waals surface area contributed by atoms with E-state index < -0.39 is 0 Å². The zero-order valence-electron chi connectivity index (χ0n) is 12.7. The average Bonchev–Trinajstić information content (AvgIpc) is 2.49. The SMILES string of the molecule is COc1cccc(Br)c1O[C@@H]1CCCC2=C1CCN(C)C2. The highest BCUT2D eigenvalue weighted by Gasteiger charge is 2.29. The Labute approximate surface area is 135 Å². The van der Waals surface area contributed by atoms with Crippen LogP contribution in [0.2, 0.25) is 0 Å². The molecule has 114 valence electrons. The number of methoxy groups -OCH3 is 1. The lowest BCUT2D eigenvalue weighted by Gasteiger charge is -2.36. The number of hydrogen-bond donors (Lipinski definition) is 0. The fourth-order valence-electron chi connectivity index (χ4n) is 3.33. The summed E-state index contributed by atoms with van der Waals surface area (Å²) in [6.45, 7) is 2.23. The van der Waals surface area contributed by atoms with Crippen LogP contribution >= 0.6 is 15.9 Å². The van der Waals surface area contributed by atoms with Gasteiger partial charge in [-0.2, -0.15) is 0 Å². The second-order valence-electron chi connectivity index (χ2n) is 5.89. The van der Waals surface area contributed by atoms with Crippen molar-refractivity contribution >= 4 is 15.9 Å². The van der Waals surface area contributed by atoms with Crippen molar-refractivity contribution in [2.24, 2.45) is 0 Å². The van der Waals surface area contributed by atoms with E-state index in [1.165, 1.54) is 18.4 Å². The first kappa shape index (κ1) is 14.9. The van der Waals surface area contributed by atoms with E-state index in [1.54, 1.807) is 12.7 Å². The van der Waals surface area contributed by atoms with E-state index in [2.05, 4.69) is 27.9 Å².